The van der Waals surface area contributed by atoms with Crippen LogP contribution in [0.25, 0.3) is 0 Å². The first-order valence-electron chi connectivity index (χ1n) is 4.02. The Bertz CT molecular complexity index is 284. The second-order valence-electron chi connectivity index (χ2n) is 3.13. The molecular formula is C9H11N3. The molecule has 0 spiro atoms. The minimum Gasteiger partial charge on any atom is -0.320 e. The second kappa shape index (κ2) is 2.68. The van der Waals surface area contributed by atoms with Gasteiger partial charge in [0.05, 0.1) is 17.4 Å². The highest BCUT2D eigenvalue weighted by Crippen LogP contribution is 2.29. The molecule has 0 bridgehead atoms. The molecule has 2 rings (SSSR count). The van der Waals surface area contributed by atoms with E-state index < -0.39 is 0 Å². The standard InChI is InChI=1S/C9H11N3/c10-9(3-1-2-4-9)8-7-11-5-6-12-8/h1-2,5-7H,3-4,10H2. The maximum Gasteiger partial charge on any atom is 0.0791 e. The van der Waals surface area contributed by atoms with Crippen molar-refractivity contribution in [2.75, 3.05) is 0 Å². The third-order valence-corrected chi connectivity index (χ3v) is 2.20. The van der Waals surface area contributed by atoms with Crippen molar-refractivity contribution in [3.63, 3.8) is 0 Å². The Morgan fingerprint density at radius 3 is 2.58 bits per heavy atom. The summed E-state index contributed by atoms with van der Waals surface area (Å²) >= 11 is 0. The summed E-state index contributed by atoms with van der Waals surface area (Å²) in [5, 5.41) is 0. The molecule has 1 aromatic heterocycles. The first kappa shape index (κ1) is 7.43. The van der Waals surface area contributed by atoms with Gasteiger partial charge in [0.1, 0.15) is 0 Å². The van der Waals surface area contributed by atoms with Crippen LogP contribution in [-0.4, -0.2) is 9.97 Å². The largest absolute Gasteiger partial charge is 0.320 e. The first-order valence-corrected chi connectivity index (χ1v) is 4.02. The molecule has 0 aromatic carbocycles. The van der Waals surface area contributed by atoms with Crippen molar-refractivity contribution in [1.82, 2.24) is 9.97 Å². The van der Waals surface area contributed by atoms with Gasteiger partial charge in [-0.1, -0.05) is 12.2 Å². The van der Waals surface area contributed by atoms with E-state index in [1.807, 2.05) is 0 Å². The Morgan fingerprint density at radius 1 is 1.25 bits per heavy atom. The lowest BCUT2D eigenvalue weighted by Crippen LogP contribution is -2.34. The smallest absolute Gasteiger partial charge is 0.0791 e. The molecule has 0 saturated heterocycles. The van der Waals surface area contributed by atoms with E-state index in [-0.39, 0.29) is 5.54 Å². The minimum absolute atomic E-state index is 0.297. The molecule has 1 heterocycles. The Labute approximate surface area is 71.3 Å². The van der Waals surface area contributed by atoms with Crippen LogP contribution in [-0.2, 0) is 5.54 Å². The van der Waals surface area contributed by atoms with E-state index in [1.54, 1.807) is 18.6 Å². The number of hydrogen-bond donors (Lipinski definition) is 1. The number of rotatable bonds is 1. The molecule has 0 amide bonds. The van der Waals surface area contributed by atoms with Crippen molar-refractivity contribution in [2.24, 2.45) is 5.73 Å². The third kappa shape index (κ3) is 1.12. The summed E-state index contributed by atoms with van der Waals surface area (Å²) in [6.45, 7) is 0. The lowest BCUT2D eigenvalue weighted by molar-refractivity contribution is 0.463. The lowest BCUT2D eigenvalue weighted by atomic mass is 9.94. The molecule has 1 aliphatic rings. The fourth-order valence-corrected chi connectivity index (χ4v) is 1.44. The van der Waals surface area contributed by atoms with Crippen LogP contribution in [0.1, 0.15) is 18.5 Å². The van der Waals surface area contributed by atoms with Gasteiger partial charge in [-0.15, -0.1) is 0 Å². The van der Waals surface area contributed by atoms with E-state index in [1.165, 1.54) is 0 Å². The van der Waals surface area contributed by atoms with E-state index >= 15 is 0 Å². The fraction of sp³-hybridized carbons (Fsp3) is 0.333. The van der Waals surface area contributed by atoms with Gasteiger partial charge in [0, 0.05) is 12.4 Å². The zero-order valence-electron chi connectivity index (χ0n) is 6.77. The van der Waals surface area contributed by atoms with Crippen molar-refractivity contribution < 1.29 is 0 Å². The molecular weight excluding hydrogens is 150 g/mol. The highest BCUT2D eigenvalue weighted by atomic mass is 14.9. The highest BCUT2D eigenvalue weighted by molar-refractivity contribution is 5.19. The molecule has 3 nitrogen and oxygen atoms in total. The number of nitrogens with two attached hydrogens (primary N) is 1. The monoisotopic (exact) mass is 161 g/mol. The van der Waals surface area contributed by atoms with Crippen molar-refractivity contribution >= 4 is 0 Å². The maximum absolute atomic E-state index is 6.12. The minimum atomic E-state index is -0.297. The molecule has 0 fully saturated rings. The average molecular weight is 161 g/mol. The average Bonchev–Trinajstić information content (AvgIpc) is 2.55. The van der Waals surface area contributed by atoms with Crippen molar-refractivity contribution in [2.45, 2.75) is 18.4 Å². The summed E-state index contributed by atoms with van der Waals surface area (Å²) in [4.78, 5) is 8.21. The Balaban J connectivity index is 2.31. The van der Waals surface area contributed by atoms with Gasteiger partial charge in [-0.3, -0.25) is 9.97 Å². The molecule has 0 aliphatic heterocycles. The summed E-state index contributed by atoms with van der Waals surface area (Å²) in [7, 11) is 0. The van der Waals surface area contributed by atoms with Gasteiger partial charge in [-0.05, 0) is 12.8 Å². The quantitative estimate of drug-likeness (QED) is 0.625. The molecule has 2 N–H and O–H groups in total. The second-order valence-corrected chi connectivity index (χ2v) is 3.13. The van der Waals surface area contributed by atoms with Crippen molar-refractivity contribution in [3.8, 4) is 0 Å². The summed E-state index contributed by atoms with van der Waals surface area (Å²) in [6.07, 6.45) is 11.0. The molecule has 1 aromatic rings. The normalized spacial score (nSPS) is 19.8. The van der Waals surface area contributed by atoms with Crippen LogP contribution in [0.3, 0.4) is 0 Å². The molecule has 12 heavy (non-hydrogen) atoms. The molecule has 1 aliphatic carbocycles. The SMILES string of the molecule is NC1(c2cnccn2)CC=CC1. The van der Waals surface area contributed by atoms with E-state index in [0.29, 0.717) is 0 Å². The number of aromatic nitrogens is 2. The van der Waals surface area contributed by atoms with Crippen LogP contribution in [0, 0.1) is 0 Å². The summed E-state index contributed by atoms with van der Waals surface area (Å²) in [5.41, 5.74) is 6.70. The molecule has 0 saturated carbocycles. The predicted octanol–water partition coefficient (Wildman–Crippen LogP) is 0.981. The van der Waals surface area contributed by atoms with Crippen molar-refractivity contribution in [1.29, 1.82) is 0 Å². The molecule has 0 radical (unpaired) electrons. The number of nitrogens with zero attached hydrogens (tertiary/aromatic N) is 2. The van der Waals surface area contributed by atoms with Crippen LogP contribution in [0.4, 0.5) is 0 Å². The summed E-state index contributed by atoms with van der Waals surface area (Å²) in [5.74, 6) is 0. The fourth-order valence-electron chi connectivity index (χ4n) is 1.44. The van der Waals surface area contributed by atoms with Crippen LogP contribution in [0.5, 0.6) is 0 Å². The van der Waals surface area contributed by atoms with Crippen LogP contribution in [0.15, 0.2) is 30.7 Å². The molecule has 0 unspecified atom stereocenters. The van der Waals surface area contributed by atoms with Crippen LogP contribution >= 0.6 is 0 Å². The van der Waals surface area contributed by atoms with Gasteiger partial charge < -0.3 is 5.73 Å². The summed E-state index contributed by atoms with van der Waals surface area (Å²) in [6, 6.07) is 0. The Hall–Kier alpha value is -1.22. The van der Waals surface area contributed by atoms with Crippen LogP contribution in [0.2, 0.25) is 0 Å². The maximum atomic E-state index is 6.12. The van der Waals surface area contributed by atoms with Gasteiger partial charge in [0.25, 0.3) is 0 Å². The van der Waals surface area contributed by atoms with E-state index in [0.717, 1.165) is 18.5 Å². The molecule has 62 valence electrons. The van der Waals surface area contributed by atoms with Crippen molar-refractivity contribution in [3.05, 3.63) is 36.4 Å². The van der Waals surface area contributed by atoms with E-state index in [2.05, 4.69) is 22.1 Å². The Kier molecular flexibility index (Phi) is 1.66. The third-order valence-electron chi connectivity index (χ3n) is 2.20. The lowest BCUT2D eigenvalue weighted by Gasteiger charge is -2.21. The van der Waals surface area contributed by atoms with Gasteiger partial charge >= 0.3 is 0 Å². The first-order chi connectivity index (χ1) is 5.81. The molecule has 3 heteroatoms. The Morgan fingerprint density at radius 2 is 2.00 bits per heavy atom. The zero-order chi connectivity index (χ0) is 8.44. The topological polar surface area (TPSA) is 51.8 Å². The van der Waals surface area contributed by atoms with E-state index in [4.69, 9.17) is 5.73 Å². The van der Waals surface area contributed by atoms with Crippen LogP contribution < -0.4 is 5.73 Å². The van der Waals surface area contributed by atoms with Gasteiger partial charge in [0.2, 0.25) is 0 Å². The molecule has 0 atom stereocenters. The van der Waals surface area contributed by atoms with Gasteiger partial charge in [0.15, 0.2) is 0 Å². The number of hydrogen-bond acceptors (Lipinski definition) is 3. The van der Waals surface area contributed by atoms with E-state index in [9.17, 15) is 0 Å². The zero-order valence-corrected chi connectivity index (χ0v) is 6.77. The summed E-state index contributed by atoms with van der Waals surface area (Å²) < 4.78 is 0. The van der Waals surface area contributed by atoms with Gasteiger partial charge in [-0.25, -0.2) is 0 Å². The predicted molar refractivity (Wildman–Crippen MR) is 46.3 cm³/mol. The van der Waals surface area contributed by atoms with Gasteiger partial charge in [-0.2, -0.15) is 0 Å². The highest BCUT2D eigenvalue weighted by Gasteiger charge is 2.29.